The van der Waals surface area contributed by atoms with Crippen LogP contribution >= 0.6 is 0 Å². The zero-order valence-corrected chi connectivity index (χ0v) is 7.10. The van der Waals surface area contributed by atoms with Crippen molar-refractivity contribution in [1.82, 2.24) is 0 Å². The van der Waals surface area contributed by atoms with E-state index in [0.29, 0.717) is 0 Å². The molecule has 0 saturated heterocycles. The lowest BCUT2D eigenvalue weighted by Crippen LogP contribution is -2.20. The fourth-order valence-electron chi connectivity index (χ4n) is 1.53. The first-order valence-electron chi connectivity index (χ1n) is 4.17. The van der Waals surface area contributed by atoms with Gasteiger partial charge in [-0.1, -0.05) is 6.07 Å². The van der Waals surface area contributed by atoms with Crippen LogP contribution < -0.4 is 5.73 Å². The van der Waals surface area contributed by atoms with Gasteiger partial charge in [-0.15, -0.1) is 0 Å². The van der Waals surface area contributed by atoms with Crippen LogP contribution in [0.2, 0.25) is 0 Å². The molecule has 1 aliphatic rings. The minimum atomic E-state index is -0.216. The Morgan fingerprint density at radius 3 is 2.67 bits per heavy atom. The topological polar surface area (TPSA) is 26.0 Å². The Balaban J connectivity index is 2.48. The van der Waals surface area contributed by atoms with Crippen molar-refractivity contribution in [3.63, 3.8) is 0 Å². The summed E-state index contributed by atoms with van der Waals surface area (Å²) < 4.78 is 12.8. The molecule has 0 atom stereocenters. The summed E-state index contributed by atoms with van der Waals surface area (Å²) in [5, 5.41) is 0. The molecule has 1 nitrogen and oxygen atoms in total. The number of halogens is 1. The molecule has 0 amide bonds. The van der Waals surface area contributed by atoms with E-state index in [9.17, 15) is 4.39 Å². The summed E-state index contributed by atoms with van der Waals surface area (Å²) in [5.41, 5.74) is 7.82. The van der Waals surface area contributed by atoms with Crippen molar-refractivity contribution in [3.8, 4) is 0 Å². The highest BCUT2D eigenvalue weighted by Crippen LogP contribution is 2.43. The Morgan fingerprint density at radius 2 is 2.08 bits per heavy atom. The summed E-state index contributed by atoms with van der Waals surface area (Å²) in [6, 6.07) is 4.82. The molecule has 1 aromatic carbocycles. The molecular weight excluding hydrogens is 153 g/mol. The summed E-state index contributed by atoms with van der Waals surface area (Å²) in [7, 11) is 0. The van der Waals surface area contributed by atoms with Gasteiger partial charge in [0.1, 0.15) is 5.82 Å². The zero-order chi connectivity index (χ0) is 8.77. The lowest BCUT2D eigenvalue weighted by Gasteiger charge is -2.12. The molecule has 0 aromatic heterocycles. The molecule has 0 bridgehead atoms. The van der Waals surface area contributed by atoms with Crippen LogP contribution in [-0.4, -0.2) is 0 Å². The van der Waals surface area contributed by atoms with Crippen LogP contribution in [0.3, 0.4) is 0 Å². The molecular formula is C10H12FN. The van der Waals surface area contributed by atoms with Crippen molar-refractivity contribution in [2.45, 2.75) is 25.3 Å². The van der Waals surface area contributed by atoms with Gasteiger partial charge in [0.25, 0.3) is 0 Å². The summed E-state index contributed by atoms with van der Waals surface area (Å²) in [6.07, 6.45) is 1.97. The monoisotopic (exact) mass is 165 g/mol. The molecule has 1 aromatic rings. The lowest BCUT2D eigenvalue weighted by molar-refractivity contribution is 0.617. The second-order valence-electron chi connectivity index (χ2n) is 3.62. The average molecular weight is 165 g/mol. The predicted molar refractivity (Wildman–Crippen MR) is 46.2 cm³/mol. The molecule has 0 radical (unpaired) electrons. The maximum absolute atomic E-state index is 12.8. The van der Waals surface area contributed by atoms with Gasteiger partial charge in [0.2, 0.25) is 0 Å². The van der Waals surface area contributed by atoms with E-state index in [1.54, 1.807) is 12.1 Å². The van der Waals surface area contributed by atoms with Gasteiger partial charge in [0, 0.05) is 5.54 Å². The van der Waals surface area contributed by atoms with Crippen molar-refractivity contribution >= 4 is 0 Å². The van der Waals surface area contributed by atoms with Crippen molar-refractivity contribution in [1.29, 1.82) is 0 Å². The Labute approximate surface area is 71.4 Å². The lowest BCUT2D eigenvalue weighted by atomic mass is 10.0. The van der Waals surface area contributed by atoms with E-state index in [1.807, 2.05) is 6.92 Å². The van der Waals surface area contributed by atoms with Gasteiger partial charge in [-0.05, 0) is 43.0 Å². The van der Waals surface area contributed by atoms with Crippen molar-refractivity contribution in [3.05, 3.63) is 35.1 Å². The second kappa shape index (κ2) is 2.30. The third-order valence-corrected chi connectivity index (χ3v) is 2.52. The van der Waals surface area contributed by atoms with Crippen LogP contribution in [0.1, 0.15) is 24.0 Å². The standard InChI is InChI=1S/C10H12FN/c1-7-2-3-8(11)6-9(7)10(12)4-5-10/h2-3,6H,4-5,12H2,1H3. The van der Waals surface area contributed by atoms with Gasteiger partial charge in [-0.25, -0.2) is 4.39 Å². The summed E-state index contributed by atoms with van der Waals surface area (Å²) in [4.78, 5) is 0. The van der Waals surface area contributed by atoms with Gasteiger partial charge in [0.15, 0.2) is 0 Å². The quantitative estimate of drug-likeness (QED) is 0.677. The van der Waals surface area contributed by atoms with Crippen LogP contribution in [0, 0.1) is 12.7 Å². The molecule has 64 valence electrons. The van der Waals surface area contributed by atoms with E-state index >= 15 is 0 Å². The largest absolute Gasteiger partial charge is 0.321 e. The number of benzene rings is 1. The van der Waals surface area contributed by atoms with Gasteiger partial charge in [-0.3, -0.25) is 0 Å². The molecule has 1 saturated carbocycles. The van der Waals surface area contributed by atoms with Crippen LogP contribution in [0.25, 0.3) is 0 Å². The van der Waals surface area contributed by atoms with E-state index in [0.717, 1.165) is 24.0 Å². The number of rotatable bonds is 1. The first kappa shape index (κ1) is 7.74. The SMILES string of the molecule is Cc1ccc(F)cc1C1(N)CC1. The van der Waals surface area contributed by atoms with E-state index in [-0.39, 0.29) is 11.4 Å². The minimum Gasteiger partial charge on any atom is -0.321 e. The van der Waals surface area contributed by atoms with Crippen molar-refractivity contribution < 1.29 is 4.39 Å². The summed E-state index contributed by atoms with van der Waals surface area (Å²) in [6.45, 7) is 1.97. The van der Waals surface area contributed by atoms with Crippen molar-refractivity contribution in [2.24, 2.45) is 5.73 Å². The zero-order valence-electron chi connectivity index (χ0n) is 7.10. The van der Waals surface area contributed by atoms with E-state index in [2.05, 4.69) is 0 Å². The average Bonchev–Trinajstić information content (AvgIpc) is 2.75. The fourth-order valence-corrected chi connectivity index (χ4v) is 1.53. The summed E-state index contributed by atoms with van der Waals surface area (Å²) >= 11 is 0. The molecule has 2 heteroatoms. The number of aryl methyl sites for hydroxylation is 1. The Kier molecular flexibility index (Phi) is 1.48. The fraction of sp³-hybridized carbons (Fsp3) is 0.400. The number of hydrogen-bond donors (Lipinski definition) is 1. The highest BCUT2D eigenvalue weighted by atomic mass is 19.1. The van der Waals surface area contributed by atoms with Crippen molar-refractivity contribution in [2.75, 3.05) is 0 Å². The Hall–Kier alpha value is -0.890. The second-order valence-corrected chi connectivity index (χ2v) is 3.62. The van der Waals surface area contributed by atoms with Gasteiger partial charge < -0.3 is 5.73 Å². The molecule has 1 fully saturated rings. The minimum absolute atomic E-state index is 0.188. The van der Waals surface area contributed by atoms with Gasteiger partial charge >= 0.3 is 0 Å². The third kappa shape index (κ3) is 1.12. The van der Waals surface area contributed by atoms with Gasteiger partial charge in [0.05, 0.1) is 0 Å². The third-order valence-electron chi connectivity index (χ3n) is 2.52. The van der Waals surface area contributed by atoms with Crippen LogP contribution in [-0.2, 0) is 5.54 Å². The van der Waals surface area contributed by atoms with E-state index in [4.69, 9.17) is 5.73 Å². The van der Waals surface area contributed by atoms with Crippen LogP contribution in [0.15, 0.2) is 18.2 Å². The molecule has 2 N–H and O–H groups in total. The molecule has 2 rings (SSSR count). The molecule has 0 spiro atoms. The Bertz CT molecular complexity index is 316. The van der Waals surface area contributed by atoms with Gasteiger partial charge in [-0.2, -0.15) is 0 Å². The smallest absolute Gasteiger partial charge is 0.123 e. The Morgan fingerprint density at radius 1 is 1.42 bits per heavy atom. The molecule has 0 unspecified atom stereocenters. The maximum atomic E-state index is 12.8. The van der Waals surface area contributed by atoms with Crippen LogP contribution in [0.5, 0.6) is 0 Å². The number of hydrogen-bond acceptors (Lipinski definition) is 1. The normalized spacial score (nSPS) is 19.2. The molecule has 1 aliphatic carbocycles. The first-order valence-corrected chi connectivity index (χ1v) is 4.17. The maximum Gasteiger partial charge on any atom is 0.123 e. The van der Waals surface area contributed by atoms with Crippen LogP contribution in [0.4, 0.5) is 4.39 Å². The predicted octanol–water partition coefficient (Wildman–Crippen LogP) is 2.08. The number of nitrogens with two attached hydrogens (primary N) is 1. The van der Waals surface area contributed by atoms with E-state index in [1.165, 1.54) is 6.07 Å². The molecule has 0 aliphatic heterocycles. The highest BCUT2D eigenvalue weighted by molar-refractivity contribution is 5.36. The first-order chi connectivity index (χ1) is 5.62. The highest BCUT2D eigenvalue weighted by Gasteiger charge is 2.41. The summed E-state index contributed by atoms with van der Waals surface area (Å²) in [5.74, 6) is -0.188. The molecule has 0 heterocycles. The van der Waals surface area contributed by atoms with E-state index < -0.39 is 0 Å². The molecule has 12 heavy (non-hydrogen) atoms.